The molecule has 1 aliphatic rings. The van der Waals surface area contributed by atoms with Gasteiger partial charge in [-0.1, -0.05) is 0 Å². The molecule has 1 aliphatic carbocycles. The van der Waals surface area contributed by atoms with Crippen LogP contribution in [-0.4, -0.2) is 24.3 Å². The van der Waals surface area contributed by atoms with E-state index in [0.29, 0.717) is 12.8 Å². The van der Waals surface area contributed by atoms with E-state index in [1.165, 1.54) is 6.07 Å². The van der Waals surface area contributed by atoms with Crippen molar-refractivity contribution in [3.63, 3.8) is 0 Å². The van der Waals surface area contributed by atoms with Gasteiger partial charge in [0.2, 0.25) is 5.91 Å². The lowest BCUT2D eigenvalue weighted by atomic mass is 10.0. The summed E-state index contributed by atoms with van der Waals surface area (Å²) in [6.45, 7) is 0.0271. The van der Waals surface area contributed by atoms with Crippen LogP contribution in [0.4, 0.5) is 13.2 Å². The van der Waals surface area contributed by atoms with Crippen molar-refractivity contribution in [2.75, 3.05) is 6.54 Å². The number of rotatable bonds is 5. The first kappa shape index (κ1) is 16.3. The Kier molecular flexibility index (Phi) is 4.73. The molecule has 3 N–H and O–H groups in total. The van der Waals surface area contributed by atoms with Gasteiger partial charge in [-0.25, -0.2) is 13.2 Å². The Labute approximate surface area is 125 Å². The minimum Gasteiger partial charge on any atom is -0.366 e. The minimum absolute atomic E-state index is 0.00822. The molecule has 0 aromatic heterocycles. The fraction of sp³-hybridized carbons (Fsp3) is 0.467. The van der Waals surface area contributed by atoms with E-state index in [1.54, 1.807) is 0 Å². The second-order valence-electron chi connectivity index (χ2n) is 5.45. The summed E-state index contributed by atoms with van der Waals surface area (Å²) in [5.74, 6) is -5.77. The van der Waals surface area contributed by atoms with Crippen molar-refractivity contribution in [2.45, 2.75) is 31.6 Å². The monoisotopic (exact) mass is 314 g/mol. The van der Waals surface area contributed by atoms with Crippen LogP contribution in [0.5, 0.6) is 0 Å². The molecule has 22 heavy (non-hydrogen) atoms. The van der Waals surface area contributed by atoms with E-state index in [9.17, 15) is 22.8 Å². The van der Waals surface area contributed by atoms with Gasteiger partial charge in [0.15, 0.2) is 0 Å². The Morgan fingerprint density at radius 1 is 1.36 bits per heavy atom. The van der Waals surface area contributed by atoms with E-state index in [4.69, 9.17) is 5.73 Å². The lowest BCUT2D eigenvalue weighted by Gasteiger charge is -2.18. The zero-order chi connectivity index (χ0) is 16.3. The van der Waals surface area contributed by atoms with E-state index >= 15 is 0 Å². The highest BCUT2D eigenvalue weighted by Gasteiger charge is 2.43. The molecule has 1 atom stereocenters. The molecule has 1 aromatic rings. The maximum absolute atomic E-state index is 13.6. The third-order valence-electron chi connectivity index (χ3n) is 3.93. The molecule has 0 bridgehead atoms. The number of primary amides is 1. The van der Waals surface area contributed by atoms with E-state index in [2.05, 4.69) is 5.32 Å². The molecule has 1 fully saturated rings. The zero-order valence-electron chi connectivity index (χ0n) is 11.9. The van der Waals surface area contributed by atoms with Crippen LogP contribution >= 0.6 is 0 Å². The molecule has 1 saturated carbocycles. The Bertz CT molecular complexity index is 590. The molecule has 120 valence electrons. The summed E-state index contributed by atoms with van der Waals surface area (Å²) in [5, 5.41) is 2.41. The van der Waals surface area contributed by atoms with Crippen LogP contribution < -0.4 is 11.1 Å². The molecule has 7 heteroatoms. The standard InChI is InChI=1S/C15H17F3N2O2/c16-12-4-3-9(13(19)21)8-11(12)14(22)20-7-5-10-2-1-6-15(10,17)18/h3-4,8,10H,1-2,5-7H2,(H2,19,21)(H,20,22). The number of hydrogen-bond donors (Lipinski definition) is 2. The number of nitrogens with two attached hydrogens (primary N) is 1. The largest absolute Gasteiger partial charge is 0.366 e. The molecule has 0 heterocycles. The van der Waals surface area contributed by atoms with Gasteiger partial charge in [0.05, 0.1) is 5.56 Å². The molecular weight excluding hydrogens is 297 g/mol. The summed E-state index contributed by atoms with van der Waals surface area (Å²) in [4.78, 5) is 22.9. The van der Waals surface area contributed by atoms with Crippen LogP contribution in [0.2, 0.25) is 0 Å². The second kappa shape index (κ2) is 6.37. The highest BCUT2D eigenvalue weighted by atomic mass is 19.3. The number of alkyl halides is 2. The van der Waals surface area contributed by atoms with E-state index in [1.807, 2.05) is 0 Å². The van der Waals surface area contributed by atoms with Gasteiger partial charge in [0, 0.05) is 24.4 Å². The van der Waals surface area contributed by atoms with Crippen LogP contribution in [0, 0.1) is 11.7 Å². The SMILES string of the molecule is NC(=O)c1ccc(F)c(C(=O)NCCC2CCCC2(F)F)c1. The number of amides is 2. The maximum atomic E-state index is 13.6. The summed E-state index contributed by atoms with van der Waals surface area (Å²) in [5.41, 5.74) is 4.75. The Morgan fingerprint density at radius 3 is 2.68 bits per heavy atom. The number of hydrogen-bond acceptors (Lipinski definition) is 2. The van der Waals surface area contributed by atoms with Crippen molar-refractivity contribution in [3.8, 4) is 0 Å². The maximum Gasteiger partial charge on any atom is 0.254 e. The van der Waals surface area contributed by atoms with Gasteiger partial charge in [0.1, 0.15) is 5.82 Å². The highest BCUT2D eigenvalue weighted by Crippen LogP contribution is 2.41. The zero-order valence-corrected chi connectivity index (χ0v) is 11.9. The Hall–Kier alpha value is -2.05. The predicted molar refractivity (Wildman–Crippen MR) is 74.2 cm³/mol. The summed E-state index contributed by atoms with van der Waals surface area (Å²) < 4.78 is 40.5. The summed E-state index contributed by atoms with van der Waals surface area (Å²) in [6, 6.07) is 3.20. The topological polar surface area (TPSA) is 72.2 Å². The predicted octanol–water partition coefficient (Wildman–Crippen LogP) is 2.48. The smallest absolute Gasteiger partial charge is 0.254 e. The summed E-state index contributed by atoms with van der Waals surface area (Å²) in [7, 11) is 0. The molecular formula is C15H17F3N2O2. The van der Waals surface area contributed by atoms with E-state index in [-0.39, 0.29) is 30.5 Å². The average molecular weight is 314 g/mol. The normalized spacial score (nSPS) is 19.9. The summed E-state index contributed by atoms with van der Waals surface area (Å²) >= 11 is 0. The van der Waals surface area contributed by atoms with Gasteiger partial charge >= 0.3 is 0 Å². The van der Waals surface area contributed by atoms with Crippen molar-refractivity contribution >= 4 is 11.8 Å². The van der Waals surface area contributed by atoms with Crippen molar-refractivity contribution in [1.29, 1.82) is 0 Å². The molecule has 2 amide bonds. The van der Waals surface area contributed by atoms with Crippen LogP contribution in [0.3, 0.4) is 0 Å². The molecule has 1 aromatic carbocycles. The lowest BCUT2D eigenvalue weighted by molar-refractivity contribution is -0.0390. The molecule has 2 rings (SSSR count). The second-order valence-corrected chi connectivity index (χ2v) is 5.45. The fourth-order valence-electron chi connectivity index (χ4n) is 2.66. The van der Waals surface area contributed by atoms with Gasteiger partial charge in [-0.2, -0.15) is 0 Å². The van der Waals surface area contributed by atoms with Crippen molar-refractivity contribution < 1.29 is 22.8 Å². The van der Waals surface area contributed by atoms with Crippen LogP contribution in [0.15, 0.2) is 18.2 Å². The van der Waals surface area contributed by atoms with Crippen molar-refractivity contribution in [2.24, 2.45) is 11.7 Å². The first-order valence-electron chi connectivity index (χ1n) is 7.06. The van der Waals surface area contributed by atoms with Crippen molar-refractivity contribution in [3.05, 3.63) is 35.1 Å². The number of benzene rings is 1. The molecule has 0 spiro atoms. The number of halogens is 3. The summed E-state index contributed by atoms with van der Waals surface area (Å²) in [6.07, 6.45) is 0.909. The average Bonchev–Trinajstić information content (AvgIpc) is 2.78. The highest BCUT2D eigenvalue weighted by molar-refractivity contribution is 5.99. The number of nitrogens with one attached hydrogen (secondary N) is 1. The molecule has 0 radical (unpaired) electrons. The van der Waals surface area contributed by atoms with Crippen LogP contribution in [0.25, 0.3) is 0 Å². The van der Waals surface area contributed by atoms with Crippen LogP contribution in [-0.2, 0) is 0 Å². The first-order valence-corrected chi connectivity index (χ1v) is 7.06. The quantitative estimate of drug-likeness (QED) is 0.876. The van der Waals surface area contributed by atoms with Crippen molar-refractivity contribution in [1.82, 2.24) is 5.32 Å². The minimum atomic E-state index is -2.69. The molecule has 0 aliphatic heterocycles. The Balaban J connectivity index is 1.95. The Morgan fingerprint density at radius 2 is 2.09 bits per heavy atom. The first-order chi connectivity index (χ1) is 10.3. The molecule has 0 saturated heterocycles. The third-order valence-corrected chi connectivity index (χ3v) is 3.93. The van der Waals surface area contributed by atoms with Gasteiger partial charge in [-0.15, -0.1) is 0 Å². The van der Waals surface area contributed by atoms with Gasteiger partial charge in [0.25, 0.3) is 11.8 Å². The molecule has 1 unspecified atom stereocenters. The van der Waals surface area contributed by atoms with Gasteiger partial charge < -0.3 is 11.1 Å². The third kappa shape index (κ3) is 3.58. The lowest BCUT2D eigenvalue weighted by Crippen LogP contribution is -2.30. The molecule has 4 nitrogen and oxygen atoms in total. The number of carbonyl (C=O) groups is 2. The van der Waals surface area contributed by atoms with Crippen LogP contribution in [0.1, 0.15) is 46.4 Å². The van der Waals surface area contributed by atoms with E-state index in [0.717, 1.165) is 12.1 Å². The van der Waals surface area contributed by atoms with Gasteiger partial charge in [-0.05, 0) is 37.5 Å². The van der Waals surface area contributed by atoms with Gasteiger partial charge in [-0.3, -0.25) is 9.59 Å². The fourth-order valence-corrected chi connectivity index (χ4v) is 2.66. The number of carbonyl (C=O) groups excluding carboxylic acids is 2. The van der Waals surface area contributed by atoms with E-state index < -0.39 is 29.5 Å².